The topological polar surface area (TPSA) is 59.5 Å². The van der Waals surface area contributed by atoms with Crippen LogP contribution in [-0.4, -0.2) is 39.4 Å². The van der Waals surface area contributed by atoms with Crippen LogP contribution in [0.2, 0.25) is 0 Å². The van der Waals surface area contributed by atoms with Crippen LogP contribution < -0.4 is 4.90 Å². The average Bonchev–Trinajstić information content (AvgIpc) is 2.69. The summed E-state index contributed by atoms with van der Waals surface area (Å²) in [5.41, 5.74) is -0.260. The average molecular weight is 310 g/mol. The summed E-state index contributed by atoms with van der Waals surface area (Å²) in [5, 5.41) is 0. The van der Waals surface area contributed by atoms with Gasteiger partial charge in [0.1, 0.15) is 5.82 Å². The maximum atomic E-state index is 12.5. The summed E-state index contributed by atoms with van der Waals surface area (Å²) in [4.78, 5) is 5.53. The summed E-state index contributed by atoms with van der Waals surface area (Å²) in [5.74, 6) is 0.454. The molecule has 1 aliphatic rings. The molecule has 0 N–H and O–H groups in total. The van der Waals surface area contributed by atoms with Gasteiger partial charge in [0.05, 0.1) is 18.4 Å². The van der Waals surface area contributed by atoms with Crippen molar-refractivity contribution in [1.82, 2.24) is 4.98 Å². The lowest BCUT2D eigenvalue weighted by atomic mass is 10.1. The highest BCUT2D eigenvalue weighted by Gasteiger charge is 2.33. The minimum Gasteiger partial charge on any atom is -0.354 e. The fraction of sp³-hybridized carbons (Fsp3) is 0.545. The van der Waals surface area contributed by atoms with Crippen LogP contribution in [0.25, 0.3) is 0 Å². The number of halogens is 3. The van der Waals surface area contributed by atoms with Crippen LogP contribution in [-0.2, 0) is 26.9 Å². The van der Waals surface area contributed by atoms with Gasteiger partial charge in [-0.1, -0.05) is 0 Å². The molecule has 1 aromatic rings. The minimum atomic E-state index is -4.41. The fourth-order valence-electron chi connectivity index (χ4n) is 2.00. The molecule has 0 amide bonds. The van der Waals surface area contributed by atoms with Crippen molar-refractivity contribution in [2.45, 2.75) is 12.6 Å². The van der Waals surface area contributed by atoms with Crippen molar-refractivity contribution in [2.24, 2.45) is 0 Å². The molecule has 2 heterocycles. The van der Waals surface area contributed by atoms with Gasteiger partial charge in [0.2, 0.25) is 0 Å². The Hall–Kier alpha value is -1.35. The SMILES string of the molecule is CS(=O)(=O)OCCN1CCc2cc(C(F)(F)F)cnc21. The first kappa shape index (κ1) is 15.0. The molecular weight excluding hydrogens is 297 g/mol. The smallest absolute Gasteiger partial charge is 0.354 e. The number of pyridine rings is 1. The van der Waals surface area contributed by atoms with Gasteiger partial charge in [0.25, 0.3) is 10.1 Å². The first-order valence-corrected chi connectivity index (χ1v) is 7.64. The molecule has 0 unspecified atom stereocenters. The Labute approximate surface area is 114 Å². The van der Waals surface area contributed by atoms with E-state index in [0.717, 1.165) is 18.5 Å². The zero-order valence-corrected chi connectivity index (χ0v) is 11.5. The number of rotatable bonds is 4. The highest BCUT2D eigenvalue weighted by atomic mass is 32.2. The van der Waals surface area contributed by atoms with Gasteiger partial charge >= 0.3 is 6.18 Å². The Morgan fingerprint density at radius 1 is 1.45 bits per heavy atom. The molecule has 0 aliphatic carbocycles. The summed E-state index contributed by atoms with van der Waals surface area (Å²) in [7, 11) is -3.52. The number of hydrogen-bond donors (Lipinski definition) is 0. The van der Waals surface area contributed by atoms with E-state index in [1.807, 2.05) is 0 Å². The van der Waals surface area contributed by atoms with Crippen molar-refractivity contribution in [3.8, 4) is 0 Å². The Kier molecular flexibility index (Phi) is 3.92. The lowest BCUT2D eigenvalue weighted by Crippen LogP contribution is -2.26. The Morgan fingerprint density at radius 2 is 2.15 bits per heavy atom. The van der Waals surface area contributed by atoms with E-state index >= 15 is 0 Å². The van der Waals surface area contributed by atoms with E-state index in [1.54, 1.807) is 4.90 Å². The van der Waals surface area contributed by atoms with Crippen LogP contribution >= 0.6 is 0 Å². The molecule has 0 spiro atoms. The quantitative estimate of drug-likeness (QED) is 0.788. The molecule has 0 saturated carbocycles. The van der Waals surface area contributed by atoms with Gasteiger partial charge in [-0.25, -0.2) is 4.98 Å². The van der Waals surface area contributed by atoms with Gasteiger partial charge in [0.15, 0.2) is 0 Å². The molecule has 0 aromatic carbocycles. The predicted molar refractivity (Wildman–Crippen MR) is 66.0 cm³/mol. The molecule has 9 heteroatoms. The first-order valence-electron chi connectivity index (χ1n) is 5.82. The van der Waals surface area contributed by atoms with E-state index in [1.165, 1.54) is 0 Å². The zero-order chi connectivity index (χ0) is 15.0. The van der Waals surface area contributed by atoms with Gasteiger partial charge < -0.3 is 4.90 Å². The van der Waals surface area contributed by atoms with Gasteiger partial charge in [-0.15, -0.1) is 0 Å². The molecule has 112 valence electrons. The van der Waals surface area contributed by atoms with Gasteiger partial charge in [0, 0.05) is 19.3 Å². The van der Waals surface area contributed by atoms with E-state index in [0.29, 0.717) is 24.3 Å². The van der Waals surface area contributed by atoms with Gasteiger partial charge in [-0.3, -0.25) is 4.18 Å². The van der Waals surface area contributed by atoms with Crippen molar-refractivity contribution in [2.75, 3.05) is 30.9 Å². The van der Waals surface area contributed by atoms with E-state index in [9.17, 15) is 21.6 Å². The van der Waals surface area contributed by atoms with Crippen molar-refractivity contribution in [3.63, 3.8) is 0 Å². The summed E-state index contributed by atoms with van der Waals surface area (Å²) in [6.45, 7) is 0.705. The second-order valence-electron chi connectivity index (χ2n) is 4.47. The summed E-state index contributed by atoms with van der Waals surface area (Å²) in [6, 6.07) is 1.08. The second kappa shape index (κ2) is 5.21. The van der Waals surface area contributed by atoms with Gasteiger partial charge in [-0.2, -0.15) is 21.6 Å². The number of aromatic nitrogens is 1. The van der Waals surface area contributed by atoms with E-state index in [-0.39, 0.29) is 13.2 Å². The van der Waals surface area contributed by atoms with Crippen LogP contribution in [0, 0.1) is 0 Å². The number of fused-ring (bicyclic) bond motifs is 1. The van der Waals surface area contributed by atoms with Crippen molar-refractivity contribution in [3.05, 3.63) is 23.4 Å². The molecule has 0 saturated heterocycles. The second-order valence-corrected chi connectivity index (χ2v) is 6.11. The van der Waals surface area contributed by atoms with Crippen molar-refractivity contribution < 1.29 is 25.8 Å². The van der Waals surface area contributed by atoms with E-state index in [4.69, 9.17) is 0 Å². The first-order chi connectivity index (χ1) is 9.17. The van der Waals surface area contributed by atoms with E-state index < -0.39 is 21.9 Å². The zero-order valence-electron chi connectivity index (χ0n) is 10.6. The highest BCUT2D eigenvalue weighted by Crippen LogP contribution is 2.33. The van der Waals surface area contributed by atoms with Crippen molar-refractivity contribution in [1.29, 1.82) is 0 Å². The molecule has 0 bridgehead atoms. The minimum absolute atomic E-state index is 0.0546. The maximum absolute atomic E-state index is 12.5. The third kappa shape index (κ3) is 3.60. The molecule has 0 radical (unpaired) electrons. The third-order valence-corrected chi connectivity index (χ3v) is 3.47. The normalized spacial score (nSPS) is 15.5. The predicted octanol–water partition coefficient (Wildman–Crippen LogP) is 1.44. The Morgan fingerprint density at radius 3 is 2.75 bits per heavy atom. The molecule has 2 rings (SSSR count). The van der Waals surface area contributed by atoms with Crippen LogP contribution in [0.1, 0.15) is 11.1 Å². The summed E-state index contributed by atoms with van der Waals surface area (Å²) < 4.78 is 63.9. The van der Waals surface area contributed by atoms with Crippen LogP contribution in [0.4, 0.5) is 19.0 Å². The molecule has 0 fully saturated rings. The number of nitrogens with zero attached hydrogens (tertiary/aromatic N) is 2. The molecule has 0 atom stereocenters. The van der Waals surface area contributed by atoms with Crippen molar-refractivity contribution >= 4 is 15.9 Å². The highest BCUT2D eigenvalue weighted by molar-refractivity contribution is 7.85. The fourth-order valence-corrected chi connectivity index (χ4v) is 2.38. The Bertz CT molecular complexity index is 601. The van der Waals surface area contributed by atoms with Crippen LogP contribution in [0.5, 0.6) is 0 Å². The lowest BCUT2D eigenvalue weighted by Gasteiger charge is -2.18. The molecular formula is C11H13F3N2O3S. The molecule has 1 aliphatic heterocycles. The molecule has 5 nitrogen and oxygen atoms in total. The third-order valence-electron chi connectivity index (χ3n) is 2.88. The lowest BCUT2D eigenvalue weighted by molar-refractivity contribution is -0.137. The maximum Gasteiger partial charge on any atom is 0.417 e. The molecule has 20 heavy (non-hydrogen) atoms. The summed E-state index contributed by atoms with van der Waals surface area (Å²) >= 11 is 0. The number of anilines is 1. The number of alkyl halides is 3. The van der Waals surface area contributed by atoms with Gasteiger partial charge in [-0.05, 0) is 18.1 Å². The number of hydrogen-bond acceptors (Lipinski definition) is 5. The van der Waals surface area contributed by atoms with Crippen LogP contribution in [0.15, 0.2) is 12.3 Å². The van der Waals surface area contributed by atoms with Crippen LogP contribution in [0.3, 0.4) is 0 Å². The monoisotopic (exact) mass is 310 g/mol. The van der Waals surface area contributed by atoms with E-state index in [2.05, 4.69) is 9.17 Å². The molecule has 1 aromatic heterocycles. The largest absolute Gasteiger partial charge is 0.417 e. The standard InChI is InChI=1S/C11H13F3N2O3S/c1-20(17,18)19-5-4-16-3-2-8-6-9(11(12,13)14)7-15-10(8)16/h6-7H,2-5H2,1H3. The Balaban J connectivity index is 2.06. The summed E-state index contributed by atoms with van der Waals surface area (Å²) in [6.07, 6.45) is -2.23.